The molecule has 1 aliphatic heterocycles. The fraction of sp³-hybridized carbons (Fsp3) is 0.118. The SMILES string of the molecule is O=C(c1csc2ccccc12)C1COc2ccccc2O1. The van der Waals surface area contributed by atoms with Gasteiger partial charge in [-0.25, -0.2) is 0 Å². The van der Waals surface area contributed by atoms with Crippen molar-refractivity contribution in [2.24, 2.45) is 0 Å². The van der Waals surface area contributed by atoms with Crippen LogP contribution >= 0.6 is 11.3 Å². The molecule has 1 unspecified atom stereocenters. The van der Waals surface area contributed by atoms with Crippen molar-refractivity contribution in [3.8, 4) is 11.5 Å². The topological polar surface area (TPSA) is 35.5 Å². The lowest BCUT2D eigenvalue weighted by Gasteiger charge is -2.25. The molecule has 104 valence electrons. The summed E-state index contributed by atoms with van der Waals surface area (Å²) in [6.45, 7) is 0.250. The number of Topliss-reactive ketones (excluding diaryl/α,β-unsaturated/α-hetero) is 1. The van der Waals surface area contributed by atoms with Crippen molar-refractivity contribution in [2.75, 3.05) is 6.61 Å². The van der Waals surface area contributed by atoms with Crippen LogP contribution in [0.1, 0.15) is 10.4 Å². The molecule has 2 heterocycles. The summed E-state index contributed by atoms with van der Waals surface area (Å²) in [5, 5.41) is 2.88. The molecule has 1 aliphatic rings. The molecule has 0 saturated carbocycles. The third kappa shape index (κ3) is 2.08. The Balaban J connectivity index is 1.67. The Morgan fingerprint density at radius 3 is 2.71 bits per heavy atom. The molecule has 4 rings (SSSR count). The normalized spacial score (nSPS) is 16.9. The van der Waals surface area contributed by atoms with E-state index in [1.165, 1.54) is 0 Å². The minimum atomic E-state index is -0.585. The Kier molecular flexibility index (Phi) is 2.89. The van der Waals surface area contributed by atoms with Crippen molar-refractivity contribution in [1.82, 2.24) is 0 Å². The molecule has 4 heteroatoms. The number of carbonyl (C=O) groups excluding carboxylic acids is 1. The van der Waals surface area contributed by atoms with Gasteiger partial charge in [-0.3, -0.25) is 4.79 Å². The average Bonchev–Trinajstić information content (AvgIpc) is 2.98. The van der Waals surface area contributed by atoms with Crippen molar-refractivity contribution in [3.05, 3.63) is 59.5 Å². The summed E-state index contributed by atoms with van der Waals surface area (Å²) >= 11 is 1.57. The molecule has 0 saturated heterocycles. The van der Waals surface area contributed by atoms with Gasteiger partial charge in [-0.1, -0.05) is 30.3 Å². The van der Waals surface area contributed by atoms with Crippen LogP contribution in [0.2, 0.25) is 0 Å². The molecule has 2 aromatic carbocycles. The zero-order chi connectivity index (χ0) is 14.2. The summed E-state index contributed by atoms with van der Waals surface area (Å²) < 4.78 is 12.5. The van der Waals surface area contributed by atoms with E-state index in [2.05, 4.69) is 0 Å². The van der Waals surface area contributed by atoms with E-state index in [0.29, 0.717) is 17.1 Å². The van der Waals surface area contributed by atoms with Crippen LogP contribution in [0.15, 0.2) is 53.9 Å². The molecule has 0 spiro atoms. The summed E-state index contributed by atoms with van der Waals surface area (Å²) in [6, 6.07) is 15.3. The maximum absolute atomic E-state index is 12.7. The Hall–Kier alpha value is -2.33. The molecule has 0 amide bonds. The van der Waals surface area contributed by atoms with Crippen molar-refractivity contribution < 1.29 is 14.3 Å². The Morgan fingerprint density at radius 1 is 1.05 bits per heavy atom. The van der Waals surface area contributed by atoms with Crippen LogP contribution in [-0.2, 0) is 0 Å². The molecule has 3 nitrogen and oxygen atoms in total. The molecule has 0 fully saturated rings. The van der Waals surface area contributed by atoms with Crippen molar-refractivity contribution in [2.45, 2.75) is 6.10 Å². The second-order valence-corrected chi connectivity index (χ2v) is 5.79. The zero-order valence-corrected chi connectivity index (χ0v) is 11.9. The number of carbonyl (C=O) groups is 1. The molecule has 21 heavy (non-hydrogen) atoms. The van der Waals surface area contributed by atoms with Crippen LogP contribution in [0, 0.1) is 0 Å². The van der Waals surface area contributed by atoms with Gasteiger partial charge in [0, 0.05) is 21.0 Å². The largest absolute Gasteiger partial charge is 0.485 e. The van der Waals surface area contributed by atoms with Gasteiger partial charge in [0.2, 0.25) is 5.78 Å². The lowest BCUT2D eigenvalue weighted by atomic mass is 10.0. The number of rotatable bonds is 2. The van der Waals surface area contributed by atoms with Gasteiger partial charge >= 0.3 is 0 Å². The first-order valence-corrected chi connectivity index (χ1v) is 7.60. The summed E-state index contributed by atoms with van der Waals surface area (Å²) in [6.07, 6.45) is -0.585. The number of ketones is 1. The molecular weight excluding hydrogens is 284 g/mol. The summed E-state index contributed by atoms with van der Waals surface area (Å²) in [5.74, 6) is 1.29. The Bertz CT molecular complexity index is 822. The highest BCUT2D eigenvalue weighted by Crippen LogP contribution is 2.33. The van der Waals surface area contributed by atoms with Crippen LogP contribution in [0.3, 0.4) is 0 Å². The van der Waals surface area contributed by atoms with E-state index in [1.807, 2.05) is 53.9 Å². The number of fused-ring (bicyclic) bond motifs is 2. The predicted molar refractivity (Wildman–Crippen MR) is 82.5 cm³/mol. The van der Waals surface area contributed by atoms with Gasteiger partial charge in [0.25, 0.3) is 0 Å². The molecule has 1 atom stereocenters. The first-order chi connectivity index (χ1) is 10.3. The number of para-hydroxylation sites is 2. The Labute approximate surface area is 125 Å². The molecule has 0 bridgehead atoms. The quantitative estimate of drug-likeness (QED) is 0.672. The zero-order valence-electron chi connectivity index (χ0n) is 11.1. The van der Waals surface area contributed by atoms with E-state index in [9.17, 15) is 4.79 Å². The van der Waals surface area contributed by atoms with Gasteiger partial charge in [0.15, 0.2) is 17.6 Å². The monoisotopic (exact) mass is 296 g/mol. The highest BCUT2D eigenvalue weighted by atomic mass is 32.1. The molecule has 0 radical (unpaired) electrons. The van der Waals surface area contributed by atoms with E-state index in [1.54, 1.807) is 11.3 Å². The number of benzene rings is 2. The molecule has 0 N–H and O–H groups in total. The maximum Gasteiger partial charge on any atom is 0.208 e. The molecular formula is C17H12O3S. The average molecular weight is 296 g/mol. The van der Waals surface area contributed by atoms with Crippen molar-refractivity contribution in [1.29, 1.82) is 0 Å². The van der Waals surface area contributed by atoms with E-state index in [4.69, 9.17) is 9.47 Å². The van der Waals surface area contributed by atoms with Crippen molar-refractivity contribution in [3.63, 3.8) is 0 Å². The number of hydrogen-bond acceptors (Lipinski definition) is 4. The minimum Gasteiger partial charge on any atom is -0.485 e. The van der Waals surface area contributed by atoms with Crippen LogP contribution in [-0.4, -0.2) is 18.5 Å². The van der Waals surface area contributed by atoms with Gasteiger partial charge < -0.3 is 9.47 Å². The fourth-order valence-corrected chi connectivity index (χ4v) is 3.44. The van der Waals surface area contributed by atoms with E-state index >= 15 is 0 Å². The molecule has 1 aromatic heterocycles. The summed E-state index contributed by atoms with van der Waals surface area (Å²) in [5.41, 5.74) is 0.712. The lowest BCUT2D eigenvalue weighted by Crippen LogP contribution is -2.36. The molecule has 3 aromatic rings. The minimum absolute atomic E-state index is 0.0260. The number of thiophene rings is 1. The summed E-state index contributed by atoms with van der Waals surface area (Å²) in [4.78, 5) is 12.7. The van der Waals surface area contributed by atoms with E-state index < -0.39 is 6.10 Å². The van der Waals surface area contributed by atoms with Crippen LogP contribution < -0.4 is 9.47 Å². The number of hydrogen-bond donors (Lipinski definition) is 0. The fourth-order valence-electron chi connectivity index (χ4n) is 2.49. The molecule has 0 aliphatic carbocycles. The highest BCUT2D eigenvalue weighted by molar-refractivity contribution is 7.17. The highest BCUT2D eigenvalue weighted by Gasteiger charge is 2.29. The third-order valence-electron chi connectivity index (χ3n) is 3.55. The van der Waals surface area contributed by atoms with Crippen LogP contribution in [0.25, 0.3) is 10.1 Å². The predicted octanol–water partition coefficient (Wildman–Crippen LogP) is 3.92. The van der Waals surface area contributed by atoms with Crippen LogP contribution in [0.4, 0.5) is 0 Å². The maximum atomic E-state index is 12.7. The first kappa shape index (κ1) is 12.4. The Morgan fingerprint density at radius 2 is 1.81 bits per heavy atom. The van der Waals surface area contributed by atoms with Gasteiger partial charge in [-0.15, -0.1) is 11.3 Å². The van der Waals surface area contributed by atoms with Crippen molar-refractivity contribution >= 4 is 27.2 Å². The second kappa shape index (κ2) is 4.90. The van der Waals surface area contributed by atoms with Gasteiger partial charge in [0.1, 0.15) is 6.61 Å². The van der Waals surface area contributed by atoms with Crippen LogP contribution in [0.5, 0.6) is 11.5 Å². The summed E-state index contributed by atoms with van der Waals surface area (Å²) in [7, 11) is 0. The van der Waals surface area contributed by atoms with E-state index in [0.717, 1.165) is 10.1 Å². The standard InChI is InChI=1S/C17H12O3S/c18-17(12-10-21-16-8-4-1-5-11(12)16)15-9-19-13-6-2-3-7-14(13)20-15/h1-8,10,15H,9H2. The van der Waals surface area contributed by atoms with E-state index in [-0.39, 0.29) is 12.4 Å². The lowest BCUT2D eigenvalue weighted by molar-refractivity contribution is 0.0588. The van der Waals surface area contributed by atoms with Gasteiger partial charge in [0.05, 0.1) is 0 Å². The second-order valence-electron chi connectivity index (χ2n) is 4.87. The first-order valence-electron chi connectivity index (χ1n) is 6.72. The number of ether oxygens (including phenoxy) is 2. The van der Waals surface area contributed by atoms with Gasteiger partial charge in [-0.05, 0) is 18.2 Å². The third-order valence-corrected chi connectivity index (χ3v) is 4.51. The van der Waals surface area contributed by atoms with Gasteiger partial charge in [-0.2, -0.15) is 0 Å². The smallest absolute Gasteiger partial charge is 0.208 e.